The van der Waals surface area contributed by atoms with E-state index in [1.165, 1.54) is 0 Å². The number of hydrogen-bond acceptors (Lipinski definition) is 5. The molecule has 0 saturated carbocycles. The zero-order chi connectivity index (χ0) is 25.7. The number of halogens is 1. The van der Waals surface area contributed by atoms with Crippen molar-refractivity contribution in [3.63, 3.8) is 0 Å². The highest BCUT2D eigenvalue weighted by Gasteiger charge is 2.37. The summed E-state index contributed by atoms with van der Waals surface area (Å²) < 4.78 is 0. The number of imide groups is 1. The fourth-order valence-corrected chi connectivity index (χ4v) is 5.28. The highest BCUT2D eigenvalue weighted by molar-refractivity contribution is 8.18. The van der Waals surface area contributed by atoms with Crippen LogP contribution in [0.15, 0.2) is 41.3 Å². The number of anilines is 2. The predicted octanol–water partition coefficient (Wildman–Crippen LogP) is 6.26. The third-order valence-corrected chi connectivity index (χ3v) is 7.82. The van der Waals surface area contributed by atoms with Crippen LogP contribution in [0.5, 0.6) is 0 Å². The van der Waals surface area contributed by atoms with Gasteiger partial charge in [-0.1, -0.05) is 23.7 Å². The maximum atomic E-state index is 13.0. The first-order chi connectivity index (χ1) is 16.4. The van der Waals surface area contributed by atoms with Gasteiger partial charge in [0.05, 0.1) is 10.4 Å². The second-order valence-electron chi connectivity index (χ2n) is 9.55. The van der Waals surface area contributed by atoms with Crippen molar-refractivity contribution >= 4 is 63.4 Å². The van der Waals surface area contributed by atoms with Crippen molar-refractivity contribution in [2.24, 2.45) is 0 Å². The van der Waals surface area contributed by atoms with E-state index in [0.29, 0.717) is 16.3 Å². The van der Waals surface area contributed by atoms with Crippen LogP contribution in [-0.4, -0.2) is 41.1 Å². The average molecular weight is 510 g/mol. The molecule has 2 aliphatic heterocycles. The predicted molar refractivity (Wildman–Crippen MR) is 145 cm³/mol. The van der Waals surface area contributed by atoms with Gasteiger partial charge in [0.2, 0.25) is 5.91 Å². The minimum atomic E-state index is -0.505. The topological polar surface area (TPSA) is 69.7 Å². The molecule has 1 saturated heterocycles. The number of aryl methyl sites for hydroxylation is 2. The maximum Gasteiger partial charge on any atom is 0.294 e. The number of likely N-dealkylation sites (N-methyl/N-ethyl adjacent to an activating group) is 1. The summed E-state index contributed by atoms with van der Waals surface area (Å²) in [5.41, 5.74) is 6.42. The lowest BCUT2D eigenvalue weighted by atomic mass is 9.88. The van der Waals surface area contributed by atoms with Crippen molar-refractivity contribution in [1.29, 1.82) is 0 Å². The van der Waals surface area contributed by atoms with Crippen LogP contribution in [0.4, 0.5) is 16.2 Å². The Kier molecular flexibility index (Phi) is 6.60. The van der Waals surface area contributed by atoms with Gasteiger partial charge in [0.15, 0.2) is 0 Å². The van der Waals surface area contributed by atoms with Crippen molar-refractivity contribution in [2.75, 3.05) is 23.8 Å². The molecule has 1 N–H and O–H groups in total. The molecule has 0 unspecified atom stereocenters. The van der Waals surface area contributed by atoms with Crippen molar-refractivity contribution in [2.45, 2.75) is 40.2 Å². The van der Waals surface area contributed by atoms with E-state index in [2.05, 4.69) is 30.1 Å². The third kappa shape index (κ3) is 4.88. The summed E-state index contributed by atoms with van der Waals surface area (Å²) >= 11 is 7.40. The second-order valence-corrected chi connectivity index (χ2v) is 10.9. The Hall–Kier alpha value is -3.03. The highest BCUT2D eigenvalue weighted by atomic mass is 35.5. The summed E-state index contributed by atoms with van der Waals surface area (Å²) in [5, 5.41) is 2.76. The van der Waals surface area contributed by atoms with E-state index < -0.39 is 17.1 Å². The number of fused-ring (bicyclic) bond motifs is 1. The van der Waals surface area contributed by atoms with Gasteiger partial charge in [-0.2, -0.15) is 0 Å². The SMILES string of the molecule is CC1=CC(C)(C)N(C)c2cc(Cl)c(/C=C3/SC(=O)N(CC(=O)Nc4ccc(C)c(C)c4)C3=O)cc21. The van der Waals surface area contributed by atoms with E-state index in [1.54, 1.807) is 12.1 Å². The summed E-state index contributed by atoms with van der Waals surface area (Å²) in [5.74, 6) is -0.940. The normalized spacial score (nSPS) is 18.1. The van der Waals surface area contributed by atoms with Crippen LogP contribution in [0.1, 0.15) is 43.0 Å². The average Bonchev–Trinajstić information content (AvgIpc) is 3.03. The fraction of sp³-hybridized carbons (Fsp3) is 0.296. The van der Waals surface area contributed by atoms with E-state index >= 15 is 0 Å². The molecule has 6 nitrogen and oxygen atoms in total. The maximum absolute atomic E-state index is 13.0. The number of benzene rings is 2. The standard InChI is InChI=1S/C27H28ClN3O3S/c1-15-7-8-19(9-16(15)2)29-24(32)14-31-25(33)23(35-26(31)34)11-18-10-20-17(3)13-27(4,5)30(6)22(20)12-21(18)28/h7-13H,14H2,1-6H3,(H,29,32)/b23-11+. The molecule has 0 radical (unpaired) electrons. The third-order valence-electron chi connectivity index (χ3n) is 6.59. The molecular formula is C27H28ClN3O3S. The molecule has 182 valence electrons. The molecule has 8 heteroatoms. The molecule has 2 aromatic carbocycles. The van der Waals surface area contributed by atoms with Gasteiger partial charge in [-0.3, -0.25) is 19.3 Å². The zero-order valence-electron chi connectivity index (χ0n) is 20.7. The molecule has 2 heterocycles. The number of amides is 3. The molecule has 1 fully saturated rings. The Morgan fingerprint density at radius 2 is 1.83 bits per heavy atom. The van der Waals surface area contributed by atoms with Gasteiger partial charge in [0.25, 0.3) is 11.1 Å². The van der Waals surface area contributed by atoms with Gasteiger partial charge in [-0.15, -0.1) is 0 Å². The first-order valence-corrected chi connectivity index (χ1v) is 12.5. The van der Waals surface area contributed by atoms with Crippen LogP contribution in [0, 0.1) is 13.8 Å². The minimum absolute atomic E-state index is 0.150. The van der Waals surface area contributed by atoms with Crippen LogP contribution in [0.25, 0.3) is 11.6 Å². The number of allylic oxidation sites excluding steroid dienone is 1. The van der Waals surface area contributed by atoms with Gasteiger partial charge in [-0.05, 0) is 99.0 Å². The lowest BCUT2D eigenvalue weighted by molar-refractivity contribution is -0.127. The second kappa shape index (κ2) is 9.21. The first kappa shape index (κ1) is 25.1. The quantitative estimate of drug-likeness (QED) is 0.492. The van der Waals surface area contributed by atoms with Crippen molar-refractivity contribution in [3.05, 3.63) is 68.6 Å². The van der Waals surface area contributed by atoms with Crippen molar-refractivity contribution in [3.8, 4) is 0 Å². The Balaban J connectivity index is 1.55. The molecule has 0 aromatic heterocycles. The van der Waals surface area contributed by atoms with Gasteiger partial charge in [-0.25, -0.2) is 0 Å². The number of rotatable bonds is 4. The number of carbonyl (C=O) groups is 3. The van der Waals surface area contributed by atoms with E-state index in [0.717, 1.165) is 44.6 Å². The molecule has 2 aromatic rings. The first-order valence-electron chi connectivity index (χ1n) is 11.3. The van der Waals surface area contributed by atoms with Crippen molar-refractivity contribution < 1.29 is 14.4 Å². The van der Waals surface area contributed by atoms with E-state index in [-0.39, 0.29) is 17.0 Å². The Bertz CT molecular complexity index is 1330. The van der Waals surface area contributed by atoms with Gasteiger partial charge in [0, 0.05) is 29.0 Å². The minimum Gasteiger partial charge on any atom is -0.365 e. The summed E-state index contributed by atoms with van der Waals surface area (Å²) in [6.45, 7) is 9.90. The van der Waals surface area contributed by atoms with Crippen LogP contribution in [-0.2, 0) is 9.59 Å². The number of hydrogen-bond donors (Lipinski definition) is 1. The van der Waals surface area contributed by atoms with Crippen LogP contribution >= 0.6 is 23.4 Å². The largest absolute Gasteiger partial charge is 0.365 e. The van der Waals surface area contributed by atoms with E-state index in [4.69, 9.17) is 11.6 Å². The molecule has 0 aliphatic carbocycles. The Morgan fingerprint density at radius 1 is 1.11 bits per heavy atom. The Morgan fingerprint density at radius 3 is 2.51 bits per heavy atom. The summed E-state index contributed by atoms with van der Waals surface area (Å²) in [6, 6.07) is 9.39. The van der Waals surface area contributed by atoms with E-state index in [9.17, 15) is 14.4 Å². The molecule has 3 amide bonds. The van der Waals surface area contributed by atoms with E-state index in [1.807, 2.05) is 52.1 Å². The molecule has 2 aliphatic rings. The number of thioether (sulfide) groups is 1. The van der Waals surface area contributed by atoms with Crippen molar-refractivity contribution in [1.82, 2.24) is 4.90 Å². The van der Waals surface area contributed by atoms with Crippen LogP contribution in [0.3, 0.4) is 0 Å². The molecule has 0 atom stereocenters. The molecule has 4 rings (SSSR count). The summed E-state index contributed by atoms with van der Waals surface area (Å²) in [6.07, 6.45) is 3.82. The molecule has 35 heavy (non-hydrogen) atoms. The molecule has 0 spiro atoms. The number of carbonyl (C=O) groups excluding carboxylic acids is 3. The van der Waals surface area contributed by atoms with Gasteiger partial charge < -0.3 is 10.2 Å². The summed E-state index contributed by atoms with van der Waals surface area (Å²) in [4.78, 5) is 41.4. The van der Waals surface area contributed by atoms with Gasteiger partial charge >= 0.3 is 0 Å². The lowest BCUT2D eigenvalue weighted by Crippen LogP contribution is -2.42. The van der Waals surface area contributed by atoms with Gasteiger partial charge in [0.1, 0.15) is 6.54 Å². The fourth-order valence-electron chi connectivity index (χ4n) is 4.24. The molecule has 0 bridgehead atoms. The highest BCUT2D eigenvalue weighted by Crippen LogP contribution is 2.42. The number of nitrogens with zero attached hydrogens (tertiary/aromatic N) is 2. The summed E-state index contributed by atoms with van der Waals surface area (Å²) in [7, 11) is 2.02. The van der Waals surface area contributed by atoms with Crippen LogP contribution in [0.2, 0.25) is 5.02 Å². The monoisotopic (exact) mass is 509 g/mol. The van der Waals surface area contributed by atoms with Crippen LogP contribution < -0.4 is 10.2 Å². The zero-order valence-corrected chi connectivity index (χ0v) is 22.2. The smallest absolute Gasteiger partial charge is 0.294 e. The Labute approximate surface area is 215 Å². The molecular weight excluding hydrogens is 482 g/mol. The lowest BCUT2D eigenvalue weighted by Gasteiger charge is -2.40. The number of nitrogens with one attached hydrogen (secondary N) is 1.